The molecule has 2 heteroatoms. The molecule has 0 unspecified atom stereocenters. The Hall–Kier alpha value is 0.629. The molecule has 1 aliphatic heterocycles. The molecule has 1 rings (SSSR count). The Balaban J connectivity index is 0.000000443. The van der Waals surface area contributed by atoms with E-state index in [1.54, 1.807) is 13.3 Å². The van der Waals surface area contributed by atoms with E-state index in [-0.39, 0.29) is 10.9 Å². The number of allylic oxidation sites excluding steroid dienone is 2. The van der Waals surface area contributed by atoms with Gasteiger partial charge in [0.15, 0.2) is 0 Å². The zero-order valence-corrected chi connectivity index (χ0v) is 17.9. The van der Waals surface area contributed by atoms with Gasteiger partial charge in [-0.25, -0.2) is 10.9 Å². The molecular weight excluding hydrogens is 355 g/mol. The first-order chi connectivity index (χ1) is 9.24. The van der Waals surface area contributed by atoms with Gasteiger partial charge in [0.05, 0.1) is 0 Å². The van der Waals surface area contributed by atoms with E-state index in [1.165, 1.54) is 38.5 Å². The first kappa shape index (κ1) is 19.6. The van der Waals surface area contributed by atoms with Crippen LogP contribution in [0.15, 0.2) is 23.0 Å². The van der Waals surface area contributed by atoms with E-state index in [1.807, 2.05) is 0 Å². The molecule has 0 bridgehead atoms. The van der Waals surface area contributed by atoms with E-state index in [0.29, 0.717) is 0 Å². The minimum absolute atomic E-state index is 0.174. The van der Waals surface area contributed by atoms with Crippen LogP contribution in [-0.2, 0) is 0 Å². The van der Waals surface area contributed by atoms with Crippen molar-refractivity contribution in [1.29, 1.82) is 0 Å². The van der Waals surface area contributed by atoms with Crippen LogP contribution in [0.2, 0.25) is 13.3 Å². The van der Waals surface area contributed by atoms with Crippen molar-refractivity contribution < 1.29 is 0 Å². The summed E-state index contributed by atoms with van der Waals surface area (Å²) in [6.45, 7) is 7.01. The molecular formula is C17H36SSn. The molecule has 0 aromatic heterocycles. The topological polar surface area (TPSA) is 0 Å². The molecule has 0 aromatic carbocycles. The summed E-state index contributed by atoms with van der Waals surface area (Å²) < 4.78 is 5.08. The van der Waals surface area contributed by atoms with E-state index < -0.39 is 19.8 Å². The predicted octanol–water partition coefficient (Wildman–Crippen LogP) is 6.27. The molecule has 1 aliphatic rings. The van der Waals surface area contributed by atoms with Crippen LogP contribution in [0.5, 0.6) is 0 Å². The zero-order valence-electron chi connectivity index (χ0n) is 13.7. The van der Waals surface area contributed by atoms with Crippen molar-refractivity contribution in [3.63, 3.8) is 0 Å². The van der Waals surface area contributed by atoms with Gasteiger partial charge in [0.25, 0.3) is 0 Å². The third-order valence-electron chi connectivity index (χ3n) is 3.65. The Morgan fingerprint density at radius 2 is 1.11 bits per heavy atom. The minimum atomic E-state index is -0.967. The van der Waals surface area contributed by atoms with Crippen molar-refractivity contribution in [3.8, 4) is 0 Å². The third kappa shape index (κ3) is 13.4. The zero-order chi connectivity index (χ0) is 14.3. The van der Waals surface area contributed by atoms with E-state index >= 15 is 0 Å². The summed E-state index contributed by atoms with van der Waals surface area (Å²) >= 11 is -0.967. The van der Waals surface area contributed by atoms with Gasteiger partial charge in [-0.3, -0.25) is 0 Å². The fourth-order valence-electron chi connectivity index (χ4n) is 2.33. The Kier molecular flexibility index (Phi) is 15.5. The molecule has 0 saturated carbocycles. The third-order valence-corrected chi connectivity index (χ3v) is 15.4. The van der Waals surface area contributed by atoms with Crippen LogP contribution in [0.25, 0.3) is 0 Å². The van der Waals surface area contributed by atoms with Crippen LogP contribution in [-0.4, -0.2) is 26.0 Å². The summed E-state index contributed by atoms with van der Waals surface area (Å²) in [5.74, 6) is 0. The summed E-state index contributed by atoms with van der Waals surface area (Å²) in [5.41, 5.74) is 0. The summed E-state index contributed by atoms with van der Waals surface area (Å²) in [6.07, 6.45) is 15.3. The second-order valence-electron chi connectivity index (χ2n) is 5.64. The van der Waals surface area contributed by atoms with Crippen molar-refractivity contribution in [2.45, 2.75) is 72.6 Å². The van der Waals surface area contributed by atoms with Crippen molar-refractivity contribution in [2.24, 2.45) is 0 Å². The van der Waals surface area contributed by atoms with Gasteiger partial charge in [-0.2, -0.15) is 0 Å². The summed E-state index contributed by atoms with van der Waals surface area (Å²) in [6, 6.07) is 0. The quantitative estimate of drug-likeness (QED) is 0.348. The number of hydrogen-bond acceptors (Lipinski definition) is 0. The van der Waals surface area contributed by atoms with Crippen LogP contribution >= 0.6 is 10.9 Å². The molecule has 0 spiro atoms. The molecule has 0 nitrogen and oxygen atoms in total. The minimum Gasteiger partial charge on any atom is -0.216 e. The van der Waals surface area contributed by atoms with E-state index in [0.717, 1.165) is 0 Å². The fraction of sp³-hybridized carbons (Fsp3) is 0.765. The van der Waals surface area contributed by atoms with Crippen molar-refractivity contribution in [3.05, 3.63) is 23.0 Å². The van der Waals surface area contributed by atoms with Crippen LogP contribution < -0.4 is 0 Å². The molecule has 0 radical (unpaired) electrons. The van der Waals surface area contributed by atoms with Gasteiger partial charge < -0.3 is 0 Å². The van der Waals surface area contributed by atoms with Gasteiger partial charge in [-0.05, 0) is 17.1 Å². The second kappa shape index (κ2) is 15.0. The SMILES string of the molecule is CCC[CH2][SnH]([CH2]CCC)[CH2]CCC.C[SH]1C=CC=C1. The van der Waals surface area contributed by atoms with Gasteiger partial charge in [0.2, 0.25) is 0 Å². The molecule has 0 amide bonds. The summed E-state index contributed by atoms with van der Waals surface area (Å²) in [7, 11) is 0.174. The maximum atomic E-state index is 2.34. The van der Waals surface area contributed by atoms with Gasteiger partial charge in [-0.15, -0.1) is 0 Å². The molecule has 0 atom stereocenters. The Morgan fingerprint density at radius 3 is 1.32 bits per heavy atom. The Morgan fingerprint density at radius 1 is 0.737 bits per heavy atom. The standard InChI is InChI=1S/C5H8S.3C4H9.Sn.H/c1-6-4-2-3-5-6;3*1-3-4-2;;/h2-6H,1H3;3*1,3-4H2,2H3;;. The number of thiol groups is 1. The van der Waals surface area contributed by atoms with Crippen molar-refractivity contribution >= 4 is 30.7 Å². The molecule has 0 saturated heterocycles. The number of unbranched alkanes of at least 4 members (excludes halogenated alkanes) is 3. The summed E-state index contributed by atoms with van der Waals surface area (Å²) in [4.78, 5) is 0. The monoisotopic (exact) mass is 392 g/mol. The average Bonchev–Trinajstić information content (AvgIpc) is 2.90. The van der Waals surface area contributed by atoms with Gasteiger partial charge >= 0.3 is 92.4 Å². The Bertz CT molecular complexity index is 204. The van der Waals surface area contributed by atoms with Crippen LogP contribution in [0.3, 0.4) is 0 Å². The van der Waals surface area contributed by atoms with Crippen LogP contribution in [0.1, 0.15) is 59.3 Å². The van der Waals surface area contributed by atoms with E-state index in [4.69, 9.17) is 0 Å². The largest absolute Gasteiger partial charge is 0.216 e. The molecule has 0 aromatic rings. The normalized spacial score (nSPS) is 14.9. The maximum Gasteiger partial charge on any atom is -0.0302 e. The molecule has 0 fully saturated rings. The maximum absolute atomic E-state index is 2.34. The fourth-order valence-corrected chi connectivity index (χ4v) is 14.1. The van der Waals surface area contributed by atoms with Gasteiger partial charge in [-0.1, -0.05) is 12.2 Å². The molecule has 19 heavy (non-hydrogen) atoms. The average molecular weight is 391 g/mol. The first-order valence-electron chi connectivity index (χ1n) is 8.31. The number of rotatable bonds is 9. The molecule has 114 valence electrons. The van der Waals surface area contributed by atoms with Gasteiger partial charge in [0.1, 0.15) is 0 Å². The molecule has 1 heterocycles. The van der Waals surface area contributed by atoms with Crippen LogP contribution in [0, 0.1) is 0 Å². The van der Waals surface area contributed by atoms with Crippen molar-refractivity contribution in [1.82, 2.24) is 0 Å². The number of hydrogen-bond donors (Lipinski definition) is 1. The van der Waals surface area contributed by atoms with Crippen molar-refractivity contribution in [2.75, 3.05) is 6.26 Å². The second-order valence-corrected chi connectivity index (χ2v) is 17.5. The van der Waals surface area contributed by atoms with E-state index in [2.05, 4.69) is 50.0 Å². The van der Waals surface area contributed by atoms with Gasteiger partial charge in [0, 0.05) is 0 Å². The Labute approximate surface area is 132 Å². The first-order valence-corrected chi connectivity index (χ1v) is 17.2. The van der Waals surface area contributed by atoms with Crippen LogP contribution in [0.4, 0.5) is 0 Å². The summed E-state index contributed by atoms with van der Waals surface area (Å²) in [5, 5.41) is 4.46. The predicted molar refractivity (Wildman–Crippen MR) is 99.5 cm³/mol. The molecule has 0 N–H and O–H groups in total. The van der Waals surface area contributed by atoms with E-state index in [9.17, 15) is 0 Å². The smallest absolute Gasteiger partial charge is 0.0302 e. The molecule has 0 aliphatic carbocycles.